The van der Waals surface area contributed by atoms with Crippen LogP contribution in [0.25, 0.3) is 21.9 Å². The summed E-state index contributed by atoms with van der Waals surface area (Å²) >= 11 is 0. The number of nitrogens with two attached hydrogens (primary N) is 1. The molecule has 3 N–H and O–H groups in total. The van der Waals surface area contributed by atoms with Crippen molar-refractivity contribution in [2.75, 3.05) is 0 Å². The number of hydrogen-bond donors (Lipinski definition) is 2. The van der Waals surface area contributed by atoms with Gasteiger partial charge < -0.3 is 4.57 Å². The van der Waals surface area contributed by atoms with Crippen molar-refractivity contribution in [3.8, 4) is 11.1 Å². The average molecular weight is 293 g/mol. The van der Waals surface area contributed by atoms with Crippen LogP contribution in [-0.2, 0) is 7.05 Å². The van der Waals surface area contributed by atoms with Gasteiger partial charge in [-0.3, -0.25) is 15.0 Å². The predicted molar refractivity (Wildman–Crippen MR) is 86.3 cm³/mol. The van der Waals surface area contributed by atoms with Crippen molar-refractivity contribution < 1.29 is 4.79 Å². The van der Waals surface area contributed by atoms with E-state index in [1.54, 1.807) is 19.2 Å². The van der Waals surface area contributed by atoms with Crippen LogP contribution in [-0.4, -0.2) is 10.5 Å². The maximum atomic E-state index is 12.5. The van der Waals surface area contributed by atoms with Gasteiger partial charge in [0.15, 0.2) is 0 Å². The number of hydrazine groups is 1. The van der Waals surface area contributed by atoms with Crippen molar-refractivity contribution in [2.24, 2.45) is 12.9 Å². The summed E-state index contributed by atoms with van der Waals surface area (Å²) in [5, 5.41) is 1.30. The quantitative estimate of drug-likeness (QED) is 0.430. The number of carbonyl (C=O) groups excluding carboxylic acids is 1. The van der Waals surface area contributed by atoms with E-state index >= 15 is 0 Å². The lowest BCUT2D eigenvalue weighted by Gasteiger charge is -2.16. The topological polar surface area (TPSA) is 77.1 Å². The molecule has 0 radical (unpaired) electrons. The van der Waals surface area contributed by atoms with Gasteiger partial charge >= 0.3 is 0 Å². The molecular formula is C17H15N3O2. The molecule has 0 atom stereocenters. The van der Waals surface area contributed by atoms with E-state index in [9.17, 15) is 9.59 Å². The standard InChI is InChI=1S/C17H15N3O2/c1-20-15(16(21)19-18)14(11-7-3-2-4-8-11)12-9-5-6-10-13(12)17(20)22/h2-10H,18H2,1H3,(H,19,21). The maximum absolute atomic E-state index is 12.5. The van der Waals surface area contributed by atoms with E-state index in [0.29, 0.717) is 10.9 Å². The van der Waals surface area contributed by atoms with Gasteiger partial charge in [-0.05, 0) is 17.0 Å². The zero-order chi connectivity index (χ0) is 15.7. The molecule has 3 rings (SSSR count). The highest BCUT2D eigenvalue weighted by Crippen LogP contribution is 2.30. The molecule has 0 spiro atoms. The van der Waals surface area contributed by atoms with Crippen LogP contribution in [0.15, 0.2) is 59.4 Å². The van der Waals surface area contributed by atoms with Crippen molar-refractivity contribution in [1.82, 2.24) is 9.99 Å². The summed E-state index contributed by atoms with van der Waals surface area (Å²) in [7, 11) is 1.58. The van der Waals surface area contributed by atoms with E-state index in [0.717, 1.165) is 10.9 Å². The number of fused-ring (bicyclic) bond motifs is 1. The van der Waals surface area contributed by atoms with E-state index < -0.39 is 5.91 Å². The van der Waals surface area contributed by atoms with E-state index in [2.05, 4.69) is 5.43 Å². The van der Waals surface area contributed by atoms with Crippen LogP contribution >= 0.6 is 0 Å². The number of aromatic nitrogens is 1. The number of pyridine rings is 1. The monoisotopic (exact) mass is 293 g/mol. The van der Waals surface area contributed by atoms with Gasteiger partial charge in [-0.1, -0.05) is 48.5 Å². The molecular weight excluding hydrogens is 278 g/mol. The summed E-state index contributed by atoms with van der Waals surface area (Å²) in [5.74, 6) is 4.80. The van der Waals surface area contributed by atoms with Crippen molar-refractivity contribution >= 4 is 16.7 Å². The number of hydrogen-bond acceptors (Lipinski definition) is 3. The Bertz CT molecular complexity index is 914. The molecule has 0 aliphatic carbocycles. The average Bonchev–Trinajstić information content (AvgIpc) is 2.58. The SMILES string of the molecule is Cn1c(C(=O)NN)c(-c2ccccc2)c2ccccc2c1=O. The molecule has 0 bridgehead atoms. The first-order chi connectivity index (χ1) is 10.6. The molecule has 5 heteroatoms. The van der Waals surface area contributed by atoms with Crippen LogP contribution in [0.5, 0.6) is 0 Å². The zero-order valence-electron chi connectivity index (χ0n) is 12.0. The summed E-state index contributed by atoms with van der Waals surface area (Å²) < 4.78 is 1.34. The van der Waals surface area contributed by atoms with Gasteiger partial charge in [-0.2, -0.15) is 0 Å². The second kappa shape index (κ2) is 5.46. The number of nitrogens with zero attached hydrogens (tertiary/aromatic N) is 1. The van der Waals surface area contributed by atoms with Gasteiger partial charge in [0, 0.05) is 18.0 Å². The van der Waals surface area contributed by atoms with Gasteiger partial charge in [0.25, 0.3) is 11.5 Å². The van der Waals surface area contributed by atoms with Crippen molar-refractivity contribution in [3.63, 3.8) is 0 Å². The highest BCUT2D eigenvalue weighted by atomic mass is 16.2. The van der Waals surface area contributed by atoms with Gasteiger partial charge in [0.1, 0.15) is 5.69 Å². The van der Waals surface area contributed by atoms with Crippen molar-refractivity contribution in [3.05, 3.63) is 70.6 Å². The minimum absolute atomic E-state index is 0.228. The third-order valence-electron chi connectivity index (χ3n) is 3.71. The number of nitrogen functional groups attached to an aromatic ring is 1. The molecule has 0 unspecified atom stereocenters. The second-order valence-electron chi connectivity index (χ2n) is 4.97. The lowest BCUT2D eigenvalue weighted by Crippen LogP contribution is -2.35. The van der Waals surface area contributed by atoms with Gasteiger partial charge in [0.2, 0.25) is 0 Å². The molecule has 0 saturated carbocycles. The summed E-state index contributed by atoms with van der Waals surface area (Å²) in [6.45, 7) is 0. The molecule has 0 saturated heterocycles. The van der Waals surface area contributed by atoms with E-state index in [-0.39, 0.29) is 11.3 Å². The molecule has 1 amide bonds. The lowest BCUT2D eigenvalue weighted by atomic mass is 9.96. The van der Waals surface area contributed by atoms with Crippen LogP contribution in [0.4, 0.5) is 0 Å². The molecule has 1 heterocycles. The first kappa shape index (κ1) is 14.0. The number of nitrogens with one attached hydrogen (secondary N) is 1. The zero-order valence-corrected chi connectivity index (χ0v) is 12.0. The molecule has 3 aromatic rings. The summed E-state index contributed by atoms with van der Waals surface area (Å²) in [5.41, 5.74) is 3.70. The Morgan fingerprint density at radius 1 is 1.00 bits per heavy atom. The van der Waals surface area contributed by atoms with Crippen LogP contribution in [0.1, 0.15) is 10.5 Å². The number of benzene rings is 2. The fourth-order valence-corrected chi connectivity index (χ4v) is 2.70. The fourth-order valence-electron chi connectivity index (χ4n) is 2.70. The summed E-state index contributed by atoms with van der Waals surface area (Å²) in [6.07, 6.45) is 0. The summed E-state index contributed by atoms with van der Waals surface area (Å²) in [4.78, 5) is 24.7. The number of rotatable bonds is 2. The predicted octanol–water partition coefficient (Wildman–Crippen LogP) is 1.81. The number of amides is 1. The largest absolute Gasteiger partial charge is 0.306 e. The highest BCUT2D eigenvalue weighted by molar-refractivity contribution is 6.08. The van der Waals surface area contributed by atoms with E-state index in [1.165, 1.54) is 4.57 Å². The second-order valence-corrected chi connectivity index (χ2v) is 4.97. The minimum Gasteiger partial charge on any atom is -0.306 e. The van der Waals surface area contributed by atoms with Crippen LogP contribution < -0.4 is 16.8 Å². The Kier molecular flexibility index (Phi) is 3.48. The van der Waals surface area contributed by atoms with Crippen LogP contribution in [0.2, 0.25) is 0 Å². The molecule has 0 aliphatic rings. The van der Waals surface area contributed by atoms with Crippen LogP contribution in [0.3, 0.4) is 0 Å². The maximum Gasteiger partial charge on any atom is 0.282 e. The number of carbonyl (C=O) groups is 1. The third kappa shape index (κ3) is 2.08. The molecule has 2 aromatic carbocycles. The molecule has 0 fully saturated rings. The lowest BCUT2D eigenvalue weighted by molar-refractivity contribution is 0.0945. The highest BCUT2D eigenvalue weighted by Gasteiger charge is 2.20. The Balaban J connectivity index is 2.54. The van der Waals surface area contributed by atoms with Gasteiger partial charge in [-0.25, -0.2) is 5.84 Å². The van der Waals surface area contributed by atoms with E-state index in [4.69, 9.17) is 5.84 Å². The Morgan fingerprint density at radius 2 is 1.59 bits per heavy atom. The van der Waals surface area contributed by atoms with Gasteiger partial charge in [0.05, 0.1) is 0 Å². The molecule has 110 valence electrons. The minimum atomic E-state index is -0.496. The van der Waals surface area contributed by atoms with Crippen molar-refractivity contribution in [1.29, 1.82) is 0 Å². The van der Waals surface area contributed by atoms with E-state index in [1.807, 2.05) is 42.5 Å². The summed E-state index contributed by atoms with van der Waals surface area (Å²) in [6, 6.07) is 16.7. The Hall–Kier alpha value is -2.92. The molecule has 0 aliphatic heterocycles. The molecule has 5 nitrogen and oxygen atoms in total. The first-order valence-electron chi connectivity index (χ1n) is 6.83. The van der Waals surface area contributed by atoms with Crippen LogP contribution in [0, 0.1) is 0 Å². The fraction of sp³-hybridized carbons (Fsp3) is 0.0588. The molecule has 22 heavy (non-hydrogen) atoms. The van der Waals surface area contributed by atoms with Crippen molar-refractivity contribution in [2.45, 2.75) is 0 Å². The van der Waals surface area contributed by atoms with Gasteiger partial charge in [-0.15, -0.1) is 0 Å². The smallest absolute Gasteiger partial charge is 0.282 e. The first-order valence-corrected chi connectivity index (χ1v) is 6.83. The third-order valence-corrected chi connectivity index (χ3v) is 3.71. The Morgan fingerprint density at radius 3 is 2.23 bits per heavy atom. The Labute approximate surface area is 127 Å². The normalized spacial score (nSPS) is 10.6. The molecule has 1 aromatic heterocycles.